The maximum Gasteiger partial charge on any atom is 0.207 e. The molecule has 5 nitrogen and oxygen atoms in total. The summed E-state index contributed by atoms with van der Waals surface area (Å²) in [7, 11) is 1.66. The van der Waals surface area contributed by atoms with E-state index in [1.54, 1.807) is 13.4 Å². The SMILES string of the molecule is COc1ccc(CCN2OC(N)=CC2c2ccco2)cc1. The van der Waals surface area contributed by atoms with Gasteiger partial charge in [0, 0.05) is 12.6 Å². The van der Waals surface area contributed by atoms with Crippen LogP contribution in [0, 0.1) is 0 Å². The molecule has 2 aromatic rings. The van der Waals surface area contributed by atoms with Gasteiger partial charge in [0.15, 0.2) is 0 Å². The molecular formula is C16H18N2O3. The highest BCUT2D eigenvalue weighted by molar-refractivity contribution is 5.27. The maximum absolute atomic E-state index is 5.77. The lowest BCUT2D eigenvalue weighted by molar-refractivity contribution is -0.122. The number of furan rings is 1. The number of nitrogens with zero attached hydrogens (tertiary/aromatic N) is 1. The summed E-state index contributed by atoms with van der Waals surface area (Å²) in [5.41, 5.74) is 6.98. The summed E-state index contributed by atoms with van der Waals surface area (Å²) in [5.74, 6) is 2.09. The van der Waals surface area contributed by atoms with Crippen LogP contribution in [-0.2, 0) is 11.3 Å². The molecule has 3 rings (SSSR count). The Labute approximate surface area is 123 Å². The number of hydroxylamine groups is 2. The van der Waals surface area contributed by atoms with Crippen molar-refractivity contribution in [1.29, 1.82) is 0 Å². The Bertz CT molecular complexity index is 605. The van der Waals surface area contributed by atoms with E-state index in [9.17, 15) is 0 Å². The quantitative estimate of drug-likeness (QED) is 0.915. The molecule has 0 bridgehead atoms. The fraction of sp³-hybridized carbons (Fsp3) is 0.250. The van der Waals surface area contributed by atoms with Gasteiger partial charge in [-0.3, -0.25) is 0 Å². The van der Waals surface area contributed by atoms with Gasteiger partial charge >= 0.3 is 0 Å². The van der Waals surface area contributed by atoms with Gasteiger partial charge in [0.1, 0.15) is 17.6 Å². The van der Waals surface area contributed by atoms with Gasteiger partial charge in [0.25, 0.3) is 0 Å². The summed E-state index contributed by atoms with van der Waals surface area (Å²) in [6.07, 6.45) is 4.36. The van der Waals surface area contributed by atoms with Crippen LogP contribution < -0.4 is 10.5 Å². The van der Waals surface area contributed by atoms with Crippen molar-refractivity contribution in [1.82, 2.24) is 5.06 Å². The second kappa shape index (κ2) is 5.93. The first-order valence-corrected chi connectivity index (χ1v) is 6.84. The summed E-state index contributed by atoms with van der Waals surface area (Å²) >= 11 is 0. The fourth-order valence-electron chi connectivity index (χ4n) is 2.36. The van der Waals surface area contributed by atoms with Gasteiger partial charge in [-0.2, -0.15) is 0 Å². The van der Waals surface area contributed by atoms with Crippen LogP contribution in [0.25, 0.3) is 0 Å². The summed E-state index contributed by atoms with van der Waals surface area (Å²) in [6.45, 7) is 0.717. The Morgan fingerprint density at radius 3 is 2.71 bits per heavy atom. The van der Waals surface area contributed by atoms with Gasteiger partial charge < -0.3 is 19.7 Å². The highest BCUT2D eigenvalue weighted by atomic mass is 16.7. The van der Waals surface area contributed by atoms with Crippen LogP contribution in [0.2, 0.25) is 0 Å². The normalized spacial score (nSPS) is 18.3. The monoisotopic (exact) mass is 286 g/mol. The average molecular weight is 286 g/mol. The predicted molar refractivity (Wildman–Crippen MR) is 78.2 cm³/mol. The number of hydrogen-bond donors (Lipinski definition) is 1. The first-order valence-electron chi connectivity index (χ1n) is 6.84. The molecule has 110 valence electrons. The van der Waals surface area contributed by atoms with E-state index >= 15 is 0 Å². The summed E-state index contributed by atoms with van der Waals surface area (Å²) in [6, 6.07) is 11.7. The molecule has 21 heavy (non-hydrogen) atoms. The molecule has 0 amide bonds. The first kappa shape index (κ1) is 13.6. The largest absolute Gasteiger partial charge is 0.497 e. The van der Waals surface area contributed by atoms with Crippen molar-refractivity contribution in [3.8, 4) is 5.75 Å². The van der Waals surface area contributed by atoms with Crippen molar-refractivity contribution in [2.45, 2.75) is 12.5 Å². The van der Waals surface area contributed by atoms with Crippen molar-refractivity contribution in [2.24, 2.45) is 5.73 Å². The Hall–Kier alpha value is -2.40. The zero-order valence-electron chi connectivity index (χ0n) is 11.9. The van der Waals surface area contributed by atoms with E-state index in [-0.39, 0.29) is 6.04 Å². The Morgan fingerprint density at radius 1 is 1.24 bits per heavy atom. The molecule has 0 saturated heterocycles. The molecule has 1 aromatic heterocycles. The molecule has 1 unspecified atom stereocenters. The van der Waals surface area contributed by atoms with Crippen LogP contribution in [0.15, 0.2) is 59.0 Å². The third-order valence-corrected chi connectivity index (χ3v) is 3.47. The smallest absolute Gasteiger partial charge is 0.207 e. The van der Waals surface area contributed by atoms with Crippen molar-refractivity contribution in [2.75, 3.05) is 13.7 Å². The molecule has 0 aliphatic carbocycles. The Balaban J connectivity index is 1.64. The number of benzene rings is 1. The van der Waals surface area contributed by atoms with Crippen molar-refractivity contribution < 1.29 is 14.0 Å². The topological polar surface area (TPSA) is 60.9 Å². The van der Waals surface area contributed by atoms with E-state index in [2.05, 4.69) is 0 Å². The lowest BCUT2D eigenvalue weighted by Crippen LogP contribution is -2.25. The highest BCUT2D eigenvalue weighted by Gasteiger charge is 2.28. The molecule has 5 heteroatoms. The molecule has 2 heterocycles. The second-order valence-electron chi connectivity index (χ2n) is 4.86. The first-order chi connectivity index (χ1) is 10.3. The standard InChI is InChI=1S/C16H18N2O3/c1-19-13-6-4-12(5-7-13)8-9-18-14(11-16(17)21-18)15-3-2-10-20-15/h2-7,10-11,14H,8-9,17H2,1H3. The highest BCUT2D eigenvalue weighted by Crippen LogP contribution is 2.29. The molecule has 1 aliphatic heterocycles. The minimum Gasteiger partial charge on any atom is -0.497 e. The van der Waals surface area contributed by atoms with Gasteiger partial charge in [-0.05, 0) is 36.2 Å². The van der Waals surface area contributed by atoms with E-state index in [0.717, 1.165) is 24.5 Å². The van der Waals surface area contributed by atoms with E-state index in [0.29, 0.717) is 5.88 Å². The average Bonchev–Trinajstić information content (AvgIpc) is 3.14. The molecule has 0 fully saturated rings. The number of nitrogens with two attached hydrogens (primary N) is 1. The van der Waals surface area contributed by atoms with Gasteiger partial charge in [-0.25, -0.2) is 0 Å². The van der Waals surface area contributed by atoms with E-state index in [1.807, 2.05) is 47.5 Å². The van der Waals surface area contributed by atoms with Crippen molar-refractivity contribution in [3.05, 3.63) is 65.9 Å². The van der Waals surface area contributed by atoms with Crippen molar-refractivity contribution in [3.63, 3.8) is 0 Å². The van der Waals surface area contributed by atoms with Crippen molar-refractivity contribution >= 4 is 0 Å². The third kappa shape index (κ3) is 3.03. The third-order valence-electron chi connectivity index (χ3n) is 3.47. The van der Waals surface area contributed by atoms with Gasteiger partial charge in [0.2, 0.25) is 5.88 Å². The summed E-state index contributed by atoms with van der Waals surface area (Å²) in [5, 5.41) is 1.83. The summed E-state index contributed by atoms with van der Waals surface area (Å²) < 4.78 is 10.6. The van der Waals surface area contributed by atoms with E-state index in [1.165, 1.54) is 5.56 Å². The number of hydrogen-bond acceptors (Lipinski definition) is 5. The van der Waals surface area contributed by atoms with Crippen LogP contribution in [0.5, 0.6) is 5.75 Å². The Morgan fingerprint density at radius 2 is 2.05 bits per heavy atom. The lowest BCUT2D eigenvalue weighted by atomic mass is 10.1. The molecule has 1 atom stereocenters. The second-order valence-corrected chi connectivity index (χ2v) is 4.86. The predicted octanol–water partition coefficient (Wildman–Crippen LogP) is 2.62. The molecule has 0 spiro atoms. The number of ether oxygens (including phenoxy) is 1. The van der Waals surface area contributed by atoms with Gasteiger partial charge in [0.05, 0.1) is 13.4 Å². The van der Waals surface area contributed by atoms with Crippen LogP contribution in [0.4, 0.5) is 0 Å². The van der Waals surface area contributed by atoms with E-state index < -0.39 is 0 Å². The minimum atomic E-state index is -0.0711. The maximum atomic E-state index is 5.77. The van der Waals surface area contributed by atoms with Gasteiger partial charge in [-0.15, -0.1) is 5.06 Å². The molecular weight excluding hydrogens is 268 g/mol. The zero-order valence-corrected chi connectivity index (χ0v) is 11.9. The summed E-state index contributed by atoms with van der Waals surface area (Å²) in [4.78, 5) is 5.55. The van der Waals surface area contributed by atoms with Crippen LogP contribution >= 0.6 is 0 Å². The lowest BCUT2D eigenvalue weighted by Gasteiger charge is -2.21. The molecule has 0 radical (unpaired) electrons. The molecule has 0 saturated carbocycles. The molecule has 2 N–H and O–H groups in total. The fourth-order valence-corrected chi connectivity index (χ4v) is 2.36. The number of methoxy groups -OCH3 is 1. The number of rotatable bonds is 5. The molecule has 1 aromatic carbocycles. The zero-order chi connectivity index (χ0) is 14.7. The van der Waals surface area contributed by atoms with Crippen LogP contribution in [0.1, 0.15) is 17.4 Å². The van der Waals surface area contributed by atoms with E-state index in [4.69, 9.17) is 19.7 Å². The minimum absolute atomic E-state index is 0.0711. The van der Waals surface area contributed by atoms with Gasteiger partial charge in [-0.1, -0.05) is 12.1 Å². The van der Waals surface area contributed by atoms with Crippen LogP contribution in [-0.4, -0.2) is 18.7 Å². The Kier molecular flexibility index (Phi) is 3.83. The van der Waals surface area contributed by atoms with Crippen LogP contribution in [0.3, 0.4) is 0 Å². The molecule has 1 aliphatic rings.